The van der Waals surface area contributed by atoms with Crippen LogP contribution in [0.5, 0.6) is 0 Å². The maximum absolute atomic E-state index is 12.7. The number of aryl methyl sites for hydroxylation is 2. The van der Waals surface area contributed by atoms with E-state index in [1.165, 1.54) is 4.57 Å². The molecule has 1 saturated heterocycles. The monoisotopic (exact) mass is 340 g/mol. The second kappa shape index (κ2) is 6.23. The topological polar surface area (TPSA) is 73.3 Å². The van der Waals surface area contributed by atoms with Gasteiger partial charge in [0.05, 0.1) is 17.8 Å². The third-order valence-corrected chi connectivity index (χ3v) is 4.81. The molecule has 0 spiro atoms. The molecule has 0 N–H and O–H groups in total. The van der Waals surface area contributed by atoms with E-state index in [-0.39, 0.29) is 18.4 Å². The Bertz CT molecular complexity index is 968. The second-order valence-corrected chi connectivity index (χ2v) is 6.43. The maximum atomic E-state index is 12.7. The molecule has 7 heteroatoms. The van der Waals surface area contributed by atoms with Crippen LogP contribution in [0.3, 0.4) is 0 Å². The number of fused-ring (bicyclic) bond motifs is 1. The van der Waals surface area contributed by atoms with E-state index in [2.05, 4.69) is 5.10 Å². The van der Waals surface area contributed by atoms with E-state index >= 15 is 0 Å². The van der Waals surface area contributed by atoms with Crippen LogP contribution in [0.15, 0.2) is 45.9 Å². The van der Waals surface area contributed by atoms with Gasteiger partial charge in [0.2, 0.25) is 5.91 Å². The minimum Gasteiger partial charge on any atom is -0.408 e. The first-order chi connectivity index (χ1) is 12.1. The van der Waals surface area contributed by atoms with Crippen molar-refractivity contribution < 1.29 is 9.21 Å². The molecule has 3 heterocycles. The molecule has 1 amide bonds. The number of nitrogens with zero attached hydrogens (tertiary/aromatic N) is 4. The molecule has 2 aromatic heterocycles. The van der Waals surface area contributed by atoms with Crippen molar-refractivity contribution >= 4 is 17.0 Å². The standard InChI is InChI=1S/C18H20N4O3/c1-20-12-13(11-19-20)14-6-4-9-21(14)17(23)8-10-22-15-5-2-3-7-16(15)25-18(22)24/h2-3,5,7,11-12,14H,4,6,8-10H2,1H3/t14-/m1/s1. The number of hydrogen-bond acceptors (Lipinski definition) is 4. The molecule has 1 atom stereocenters. The van der Waals surface area contributed by atoms with E-state index < -0.39 is 5.76 Å². The van der Waals surface area contributed by atoms with Gasteiger partial charge in [-0.05, 0) is 25.0 Å². The highest BCUT2D eigenvalue weighted by Crippen LogP contribution is 2.32. The quantitative estimate of drug-likeness (QED) is 0.729. The lowest BCUT2D eigenvalue weighted by Gasteiger charge is -2.24. The van der Waals surface area contributed by atoms with E-state index in [0.717, 1.165) is 30.5 Å². The lowest BCUT2D eigenvalue weighted by atomic mass is 10.1. The van der Waals surface area contributed by atoms with E-state index in [1.54, 1.807) is 10.7 Å². The summed E-state index contributed by atoms with van der Waals surface area (Å²) in [5.41, 5.74) is 2.35. The molecule has 130 valence electrons. The molecule has 3 aromatic rings. The third-order valence-electron chi connectivity index (χ3n) is 4.81. The summed E-state index contributed by atoms with van der Waals surface area (Å²) in [6.07, 6.45) is 6.00. The summed E-state index contributed by atoms with van der Waals surface area (Å²) in [4.78, 5) is 26.7. The highest BCUT2D eigenvalue weighted by atomic mass is 16.4. The van der Waals surface area contributed by atoms with Gasteiger partial charge in [-0.1, -0.05) is 12.1 Å². The predicted octanol–water partition coefficient (Wildman–Crippen LogP) is 2.08. The highest BCUT2D eigenvalue weighted by molar-refractivity contribution is 5.77. The largest absolute Gasteiger partial charge is 0.419 e. The summed E-state index contributed by atoms with van der Waals surface area (Å²) in [5.74, 6) is -0.359. The van der Waals surface area contributed by atoms with E-state index in [9.17, 15) is 9.59 Å². The van der Waals surface area contributed by atoms with Crippen molar-refractivity contribution in [1.29, 1.82) is 0 Å². The number of amides is 1. The zero-order chi connectivity index (χ0) is 17.4. The van der Waals surface area contributed by atoms with Crippen LogP contribution in [0, 0.1) is 0 Å². The first-order valence-corrected chi connectivity index (χ1v) is 8.50. The molecule has 0 radical (unpaired) electrons. The Kier molecular flexibility index (Phi) is 3.91. The zero-order valence-electron chi connectivity index (χ0n) is 14.1. The SMILES string of the molecule is Cn1cc([C@H]2CCCN2C(=O)CCn2c(=O)oc3ccccc32)cn1. The average molecular weight is 340 g/mol. The van der Waals surface area contributed by atoms with Gasteiger partial charge in [0.1, 0.15) is 0 Å². The first kappa shape index (κ1) is 15.7. The van der Waals surface area contributed by atoms with Crippen LogP contribution in [-0.4, -0.2) is 31.7 Å². The van der Waals surface area contributed by atoms with Crippen molar-refractivity contribution in [3.63, 3.8) is 0 Å². The maximum Gasteiger partial charge on any atom is 0.419 e. The molecule has 0 saturated carbocycles. The van der Waals surface area contributed by atoms with Crippen LogP contribution in [-0.2, 0) is 18.4 Å². The third kappa shape index (κ3) is 2.86. The Balaban J connectivity index is 1.50. The first-order valence-electron chi connectivity index (χ1n) is 8.50. The fourth-order valence-corrected chi connectivity index (χ4v) is 3.60. The zero-order valence-corrected chi connectivity index (χ0v) is 14.1. The van der Waals surface area contributed by atoms with Gasteiger partial charge in [-0.2, -0.15) is 5.10 Å². The van der Waals surface area contributed by atoms with Crippen LogP contribution in [0.1, 0.15) is 30.9 Å². The average Bonchev–Trinajstić information content (AvgIpc) is 3.30. The lowest BCUT2D eigenvalue weighted by Crippen LogP contribution is -2.31. The van der Waals surface area contributed by atoms with Gasteiger partial charge >= 0.3 is 5.76 Å². The molecule has 1 aromatic carbocycles. The molecule has 0 aliphatic carbocycles. The molecular formula is C18H20N4O3. The van der Waals surface area contributed by atoms with Crippen molar-refractivity contribution in [3.05, 3.63) is 52.8 Å². The van der Waals surface area contributed by atoms with Gasteiger partial charge in [0.25, 0.3) is 0 Å². The van der Waals surface area contributed by atoms with Crippen molar-refractivity contribution in [2.45, 2.75) is 31.8 Å². The smallest absolute Gasteiger partial charge is 0.408 e. The number of carbonyl (C=O) groups excluding carboxylic acids is 1. The Morgan fingerprint density at radius 1 is 1.36 bits per heavy atom. The Morgan fingerprint density at radius 3 is 3.00 bits per heavy atom. The van der Waals surface area contributed by atoms with Crippen molar-refractivity contribution in [1.82, 2.24) is 19.2 Å². The number of para-hydroxylation sites is 2. The van der Waals surface area contributed by atoms with Crippen LogP contribution in [0.25, 0.3) is 11.1 Å². The number of likely N-dealkylation sites (tertiary alicyclic amines) is 1. The molecule has 0 bridgehead atoms. The minimum atomic E-state index is -0.417. The number of aromatic nitrogens is 3. The molecule has 1 fully saturated rings. The summed E-state index contributed by atoms with van der Waals surface area (Å²) in [7, 11) is 1.88. The van der Waals surface area contributed by atoms with Crippen molar-refractivity contribution in [2.24, 2.45) is 7.05 Å². The van der Waals surface area contributed by atoms with Gasteiger partial charge < -0.3 is 9.32 Å². The lowest BCUT2D eigenvalue weighted by molar-refractivity contribution is -0.132. The van der Waals surface area contributed by atoms with Crippen LogP contribution >= 0.6 is 0 Å². The van der Waals surface area contributed by atoms with E-state index in [1.807, 2.05) is 42.5 Å². The summed E-state index contributed by atoms with van der Waals surface area (Å²) < 4.78 is 8.51. The van der Waals surface area contributed by atoms with Crippen LogP contribution < -0.4 is 5.76 Å². The molecule has 1 aliphatic heterocycles. The molecular weight excluding hydrogens is 320 g/mol. The highest BCUT2D eigenvalue weighted by Gasteiger charge is 2.30. The predicted molar refractivity (Wildman–Crippen MR) is 92.0 cm³/mol. The summed E-state index contributed by atoms with van der Waals surface area (Å²) in [6.45, 7) is 1.07. The fourth-order valence-electron chi connectivity index (χ4n) is 3.60. The van der Waals surface area contributed by atoms with Gasteiger partial charge in [0, 0.05) is 38.3 Å². The molecule has 4 rings (SSSR count). The van der Waals surface area contributed by atoms with Crippen LogP contribution in [0.4, 0.5) is 0 Å². The molecule has 1 aliphatic rings. The summed E-state index contributed by atoms with van der Waals surface area (Å²) in [5, 5.41) is 4.21. The Hall–Kier alpha value is -2.83. The van der Waals surface area contributed by atoms with E-state index in [4.69, 9.17) is 4.42 Å². The van der Waals surface area contributed by atoms with Crippen molar-refractivity contribution in [2.75, 3.05) is 6.54 Å². The number of carbonyl (C=O) groups is 1. The molecule has 0 unspecified atom stereocenters. The summed E-state index contributed by atoms with van der Waals surface area (Å²) in [6, 6.07) is 7.35. The van der Waals surface area contributed by atoms with E-state index in [0.29, 0.717) is 12.1 Å². The Labute approximate surface area is 144 Å². The minimum absolute atomic E-state index is 0.0588. The second-order valence-electron chi connectivity index (χ2n) is 6.43. The number of benzene rings is 1. The van der Waals surface area contributed by atoms with Crippen LogP contribution in [0.2, 0.25) is 0 Å². The number of oxazole rings is 1. The molecule has 7 nitrogen and oxygen atoms in total. The van der Waals surface area contributed by atoms with Gasteiger partial charge in [-0.15, -0.1) is 0 Å². The van der Waals surface area contributed by atoms with Gasteiger partial charge in [0.15, 0.2) is 5.58 Å². The molecule has 25 heavy (non-hydrogen) atoms. The van der Waals surface area contributed by atoms with Crippen molar-refractivity contribution in [3.8, 4) is 0 Å². The number of hydrogen-bond donors (Lipinski definition) is 0. The van der Waals surface area contributed by atoms with Gasteiger partial charge in [-0.3, -0.25) is 14.0 Å². The fraction of sp³-hybridized carbons (Fsp3) is 0.389. The normalized spacial score (nSPS) is 17.5. The van der Waals surface area contributed by atoms with Gasteiger partial charge in [-0.25, -0.2) is 4.79 Å². The summed E-state index contributed by atoms with van der Waals surface area (Å²) >= 11 is 0. The Morgan fingerprint density at radius 2 is 2.20 bits per heavy atom. The number of rotatable bonds is 4.